The fourth-order valence-corrected chi connectivity index (χ4v) is 5.02. The first-order valence-corrected chi connectivity index (χ1v) is 11.7. The molecule has 2 atom stereocenters. The summed E-state index contributed by atoms with van der Waals surface area (Å²) < 4.78 is 8.23. The Balaban J connectivity index is 1.69. The number of carbonyl (C=O) groups is 1. The van der Waals surface area contributed by atoms with Gasteiger partial charge in [-0.15, -0.1) is 0 Å². The summed E-state index contributed by atoms with van der Waals surface area (Å²) in [5.74, 6) is 0.0140. The van der Waals surface area contributed by atoms with Crippen LogP contribution in [0.4, 0.5) is 0 Å². The van der Waals surface area contributed by atoms with Crippen LogP contribution >= 0.6 is 0 Å². The number of nitrogens with one attached hydrogen (secondary N) is 1. The molecule has 0 amide bonds. The summed E-state index contributed by atoms with van der Waals surface area (Å²) in [6.07, 6.45) is 7.72. The number of fused-ring (bicyclic) bond motifs is 2. The SMILES string of the molecule is CCOC(=O)c1c(-n2ccc3nc4ccn(C5CCCCC5C)c(=O)c4cc3c2=O)n[nH]c1C. The number of hydrogen-bond donors (Lipinski definition) is 1. The fraction of sp³-hybridized carbons (Fsp3) is 0.400. The highest BCUT2D eigenvalue weighted by Gasteiger charge is 2.25. The molecule has 1 fully saturated rings. The Hall–Kier alpha value is -3.75. The molecule has 0 spiro atoms. The molecule has 4 aromatic heterocycles. The highest BCUT2D eigenvalue weighted by Crippen LogP contribution is 2.33. The molecule has 0 saturated heterocycles. The van der Waals surface area contributed by atoms with Crippen LogP contribution in [0.3, 0.4) is 0 Å². The summed E-state index contributed by atoms with van der Waals surface area (Å²) in [6.45, 7) is 5.80. The van der Waals surface area contributed by atoms with Gasteiger partial charge in [-0.2, -0.15) is 5.10 Å². The van der Waals surface area contributed by atoms with Crippen LogP contribution in [0.15, 0.2) is 40.2 Å². The molecule has 4 aromatic rings. The molecule has 176 valence electrons. The Morgan fingerprint density at radius 2 is 1.82 bits per heavy atom. The van der Waals surface area contributed by atoms with Crippen LogP contribution < -0.4 is 11.1 Å². The maximum absolute atomic E-state index is 13.5. The predicted octanol–water partition coefficient (Wildman–Crippen LogP) is 3.66. The van der Waals surface area contributed by atoms with Gasteiger partial charge in [0.15, 0.2) is 5.82 Å². The summed E-state index contributed by atoms with van der Waals surface area (Å²) in [5, 5.41) is 7.63. The van der Waals surface area contributed by atoms with Gasteiger partial charge < -0.3 is 9.30 Å². The van der Waals surface area contributed by atoms with Gasteiger partial charge in [-0.25, -0.2) is 9.78 Å². The number of ether oxygens (including phenoxy) is 1. The molecule has 1 aliphatic carbocycles. The van der Waals surface area contributed by atoms with Crippen molar-refractivity contribution in [3.8, 4) is 5.82 Å². The lowest BCUT2D eigenvalue weighted by atomic mass is 9.85. The average Bonchev–Trinajstić information content (AvgIpc) is 3.21. The molecule has 0 bridgehead atoms. The summed E-state index contributed by atoms with van der Waals surface area (Å²) in [4.78, 5) is 44.0. The lowest BCUT2D eigenvalue weighted by molar-refractivity contribution is 0.0525. The number of esters is 1. The van der Waals surface area contributed by atoms with Crippen molar-refractivity contribution in [3.05, 3.63) is 62.6 Å². The molecule has 0 aliphatic heterocycles. The minimum Gasteiger partial charge on any atom is -0.462 e. The van der Waals surface area contributed by atoms with Gasteiger partial charge in [0.05, 0.1) is 28.4 Å². The van der Waals surface area contributed by atoms with Crippen molar-refractivity contribution in [2.75, 3.05) is 6.61 Å². The quantitative estimate of drug-likeness (QED) is 0.367. The number of aryl methyl sites for hydroxylation is 1. The zero-order chi connectivity index (χ0) is 24.0. The monoisotopic (exact) mass is 461 g/mol. The number of H-pyrrole nitrogens is 1. The Kier molecular flexibility index (Phi) is 5.55. The van der Waals surface area contributed by atoms with E-state index in [2.05, 4.69) is 22.1 Å². The van der Waals surface area contributed by atoms with Crippen LogP contribution in [0, 0.1) is 12.8 Å². The summed E-state index contributed by atoms with van der Waals surface area (Å²) in [6, 6.07) is 5.29. The minimum atomic E-state index is -0.558. The third-order valence-electron chi connectivity index (χ3n) is 6.83. The van der Waals surface area contributed by atoms with Gasteiger partial charge in [0.25, 0.3) is 11.1 Å². The second kappa shape index (κ2) is 8.55. The first kappa shape index (κ1) is 22.1. The lowest BCUT2D eigenvalue weighted by Gasteiger charge is -2.30. The van der Waals surface area contributed by atoms with Gasteiger partial charge >= 0.3 is 5.97 Å². The number of carbonyl (C=O) groups excluding carboxylic acids is 1. The molecule has 4 heterocycles. The standard InChI is InChI=1S/C25H27N5O4/c1-4-34-25(33)21-15(3)27-28-22(21)30-12-10-19-17(24(30)32)13-16-18(26-19)9-11-29(23(16)31)20-8-6-5-7-14(20)2/h9-14,20H,4-8H2,1-3H3,(H,27,28). The number of aromatic amines is 1. The maximum Gasteiger partial charge on any atom is 0.343 e. The summed E-state index contributed by atoms with van der Waals surface area (Å²) in [5.41, 5.74) is 1.18. The molecular formula is C25H27N5O4. The van der Waals surface area contributed by atoms with E-state index in [1.54, 1.807) is 30.5 Å². The van der Waals surface area contributed by atoms with E-state index in [1.165, 1.54) is 17.2 Å². The van der Waals surface area contributed by atoms with Crippen LogP contribution in [0.2, 0.25) is 0 Å². The minimum absolute atomic E-state index is 0.136. The van der Waals surface area contributed by atoms with Gasteiger partial charge in [-0.1, -0.05) is 19.8 Å². The molecule has 0 radical (unpaired) electrons. The van der Waals surface area contributed by atoms with Crippen LogP contribution in [0.5, 0.6) is 0 Å². The summed E-state index contributed by atoms with van der Waals surface area (Å²) >= 11 is 0. The van der Waals surface area contributed by atoms with E-state index in [4.69, 9.17) is 4.74 Å². The Bertz CT molecular complexity index is 1530. The molecular weight excluding hydrogens is 434 g/mol. The molecule has 1 N–H and O–H groups in total. The van der Waals surface area contributed by atoms with E-state index in [9.17, 15) is 14.4 Å². The van der Waals surface area contributed by atoms with Crippen molar-refractivity contribution >= 4 is 27.8 Å². The number of nitrogens with zero attached hydrogens (tertiary/aromatic N) is 4. The zero-order valence-electron chi connectivity index (χ0n) is 19.5. The number of hydrogen-bond acceptors (Lipinski definition) is 6. The predicted molar refractivity (Wildman–Crippen MR) is 129 cm³/mol. The molecule has 2 unspecified atom stereocenters. The van der Waals surface area contributed by atoms with Gasteiger partial charge in [-0.3, -0.25) is 19.3 Å². The fourth-order valence-electron chi connectivity index (χ4n) is 5.02. The van der Waals surface area contributed by atoms with E-state index < -0.39 is 11.5 Å². The van der Waals surface area contributed by atoms with E-state index in [1.807, 2.05) is 12.3 Å². The first-order valence-electron chi connectivity index (χ1n) is 11.7. The van der Waals surface area contributed by atoms with Crippen molar-refractivity contribution in [2.24, 2.45) is 5.92 Å². The third kappa shape index (κ3) is 3.52. The molecule has 1 saturated carbocycles. The molecule has 9 nitrogen and oxygen atoms in total. The maximum atomic E-state index is 13.5. The third-order valence-corrected chi connectivity index (χ3v) is 6.83. The number of rotatable bonds is 4. The van der Waals surface area contributed by atoms with Crippen LogP contribution in [-0.2, 0) is 4.74 Å². The Labute approximate surface area is 195 Å². The van der Waals surface area contributed by atoms with E-state index in [0.717, 1.165) is 19.3 Å². The van der Waals surface area contributed by atoms with Gasteiger partial charge in [0, 0.05) is 24.1 Å². The van der Waals surface area contributed by atoms with E-state index >= 15 is 0 Å². The Morgan fingerprint density at radius 3 is 2.56 bits per heavy atom. The van der Waals surface area contributed by atoms with Crippen molar-refractivity contribution in [2.45, 2.75) is 52.5 Å². The number of pyridine rings is 3. The summed E-state index contributed by atoms with van der Waals surface area (Å²) in [7, 11) is 0. The van der Waals surface area contributed by atoms with Gasteiger partial charge in [-0.05, 0) is 50.8 Å². The van der Waals surface area contributed by atoms with Crippen LogP contribution in [0.1, 0.15) is 61.6 Å². The first-order chi connectivity index (χ1) is 16.4. The van der Waals surface area contributed by atoms with Gasteiger partial charge in [0.2, 0.25) is 0 Å². The lowest BCUT2D eigenvalue weighted by Crippen LogP contribution is -2.30. The second-order valence-electron chi connectivity index (χ2n) is 8.97. The van der Waals surface area contributed by atoms with E-state index in [0.29, 0.717) is 28.0 Å². The Morgan fingerprint density at radius 1 is 1.12 bits per heavy atom. The molecule has 1 aliphatic rings. The molecule has 34 heavy (non-hydrogen) atoms. The van der Waals surface area contributed by atoms with Crippen molar-refractivity contribution in [1.82, 2.24) is 24.3 Å². The number of aromatic nitrogens is 5. The molecule has 0 aromatic carbocycles. The molecule has 5 rings (SSSR count). The average molecular weight is 462 g/mol. The second-order valence-corrected chi connectivity index (χ2v) is 8.97. The highest BCUT2D eigenvalue weighted by molar-refractivity contribution is 5.95. The molecule has 9 heteroatoms. The van der Waals surface area contributed by atoms with Gasteiger partial charge in [0.1, 0.15) is 5.56 Å². The zero-order valence-corrected chi connectivity index (χ0v) is 19.5. The van der Waals surface area contributed by atoms with E-state index in [-0.39, 0.29) is 35.0 Å². The van der Waals surface area contributed by atoms with Crippen LogP contribution in [0.25, 0.3) is 27.6 Å². The highest BCUT2D eigenvalue weighted by atomic mass is 16.5. The van der Waals surface area contributed by atoms with Crippen molar-refractivity contribution < 1.29 is 9.53 Å². The normalized spacial score (nSPS) is 18.4. The largest absolute Gasteiger partial charge is 0.462 e. The topological polar surface area (TPSA) is 112 Å². The smallest absolute Gasteiger partial charge is 0.343 e. The van der Waals surface area contributed by atoms with Crippen molar-refractivity contribution in [3.63, 3.8) is 0 Å². The van der Waals surface area contributed by atoms with Crippen LogP contribution in [-0.4, -0.2) is 36.9 Å². The van der Waals surface area contributed by atoms with Crippen molar-refractivity contribution in [1.29, 1.82) is 0 Å².